The van der Waals surface area contributed by atoms with Gasteiger partial charge in [-0.2, -0.15) is 0 Å². The highest BCUT2D eigenvalue weighted by molar-refractivity contribution is 7.97. The molecule has 1 fully saturated rings. The Morgan fingerprint density at radius 1 is 1.30 bits per heavy atom. The van der Waals surface area contributed by atoms with Crippen LogP contribution in [0.25, 0.3) is 10.2 Å². The number of piperazine rings is 1. The second kappa shape index (κ2) is 6.71. The predicted octanol–water partition coefficient (Wildman–Crippen LogP) is 1.68. The van der Waals surface area contributed by atoms with Gasteiger partial charge in [-0.3, -0.25) is 0 Å². The van der Waals surface area contributed by atoms with E-state index in [1.165, 1.54) is 5.39 Å². The molecule has 1 N–H and O–H groups in total. The van der Waals surface area contributed by atoms with Crippen molar-refractivity contribution in [2.75, 3.05) is 50.4 Å². The molecule has 2 aromatic rings. The van der Waals surface area contributed by atoms with E-state index >= 15 is 0 Å². The Balaban J connectivity index is 1.62. The number of hydrogen-bond acceptors (Lipinski definition) is 7. The van der Waals surface area contributed by atoms with Gasteiger partial charge in [0.15, 0.2) is 0 Å². The molecule has 20 heavy (non-hydrogen) atoms. The second-order valence-corrected chi connectivity index (χ2v) is 6.77. The third kappa shape index (κ3) is 3.06. The monoisotopic (exact) mass is 309 g/mol. The topological polar surface area (TPSA) is 44.3 Å². The average Bonchev–Trinajstić information content (AvgIpc) is 2.97. The molecule has 0 saturated carbocycles. The van der Waals surface area contributed by atoms with Crippen LogP contribution in [0.3, 0.4) is 0 Å². The molecular formula is C13H19N5S2. The van der Waals surface area contributed by atoms with Gasteiger partial charge in [0.25, 0.3) is 0 Å². The predicted molar refractivity (Wildman–Crippen MR) is 87.6 cm³/mol. The Labute approximate surface area is 127 Å². The molecule has 0 aromatic carbocycles. The molecule has 0 amide bonds. The van der Waals surface area contributed by atoms with Gasteiger partial charge in [0.1, 0.15) is 17.0 Å². The van der Waals surface area contributed by atoms with E-state index < -0.39 is 0 Å². The molecule has 1 aliphatic rings. The van der Waals surface area contributed by atoms with E-state index in [0.29, 0.717) is 0 Å². The van der Waals surface area contributed by atoms with Gasteiger partial charge >= 0.3 is 0 Å². The SMILES string of the molecule is CNCCSN1CCN(c2ncnc3sccc23)CC1. The van der Waals surface area contributed by atoms with Gasteiger partial charge in [-0.25, -0.2) is 14.3 Å². The fourth-order valence-corrected chi connectivity index (χ4v) is 4.04. The second-order valence-electron chi connectivity index (χ2n) is 4.69. The Kier molecular flexibility index (Phi) is 4.72. The van der Waals surface area contributed by atoms with E-state index in [1.54, 1.807) is 17.7 Å². The minimum atomic E-state index is 1.04. The molecule has 0 bridgehead atoms. The first kappa shape index (κ1) is 14.1. The van der Waals surface area contributed by atoms with Crippen molar-refractivity contribution in [2.45, 2.75) is 0 Å². The van der Waals surface area contributed by atoms with E-state index in [1.807, 2.05) is 19.0 Å². The molecule has 0 unspecified atom stereocenters. The van der Waals surface area contributed by atoms with Crippen molar-refractivity contribution >= 4 is 39.3 Å². The van der Waals surface area contributed by atoms with E-state index in [9.17, 15) is 0 Å². The maximum Gasteiger partial charge on any atom is 0.140 e. The van der Waals surface area contributed by atoms with Crippen molar-refractivity contribution in [2.24, 2.45) is 0 Å². The maximum atomic E-state index is 4.49. The Hall–Kier alpha value is -0.890. The minimum Gasteiger partial charge on any atom is -0.353 e. The van der Waals surface area contributed by atoms with Crippen LogP contribution >= 0.6 is 23.3 Å². The molecule has 7 heteroatoms. The number of rotatable bonds is 5. The zero-order valence-corrected chi connectivity index (χ0v) is 13.2. The number of nitrogens with zero attached hydrogens (tertiary/aromatic N) is 4. The van der Waals surface area contributed by atoms with Crippen LogP contribution in [0.4, 0.5) is 5.82 Å². The molecule has 0 aliphatic carbocycles. The van der Waals surface area contributed by atoms with Gasteiger partial charge in [0, 0.05) is 38.5 Å². The molecule has 2 aromatic heterocycles. The highest BCUT2D eigenvalue weighted by Crippen LogP contribution is 2.27. The van der Waals surface area contributed by atoms with Crippen LogP contribution in [-0.4, -0.2) is 59.8 Å². The van der Waals surface area contributed by atoms with Crippen LogP contribution in [0.5, 0.6) is 0 Å². The summed E-state index contributed by atoms with van der Waals surface area (Å²) in [5.41, 5.74) is 0. The summed E-state index contributed by atoms with van der Waals surface area (Å²) in [7, 11) is 2.00. The lowest BCUT2D eigenvalue weighted by atomic mass is 10.3. The van der Waals surface area contributed by atoms with Crippen LogP contribution in [0.1, 0.15) is 0 Å². The first-order valence-electron chi connectivity index (χ1n) is 6.84. The highest BCUT2D eigenvalue weighted by atomic mass is 32.2. The molecule has 1 saturated heterocycles. The number of hydrogen-bond donors (Lipinski definition) is 1. The van der Waals surface area contributed by atoms with Gasteiger partial charge in [0.2, 0.25) is 0 Å². The number of aromatic nitrogens is 2. The molecule has 0 radical (unpaired) electrons. The third-order valence-corrected chi connectivity index (χ3v) is 5.34. The number of anilines is 1. The zero-order valence-electron chi connectivity index (χ0n) is 11.6. The summed E-state index contributed by atoms with van der Waals surface area (Å²) in [6.45, 7) is 5.31. The number of thiophene rings is 1. The van der Waals surface area contributed by atoms with Gasteiger partial charge in [0.05, 0.1) is 5.39 Å². The van der Waals surface area contributed by atoms with Gasteiger partial charge in [-0.05, 0) is 18.5 Å². The third-order valence-electron chi connectivity index (χ3n) is 3.40. The summed E-state index contributed by atoms with van der Waals surface area (Å²) < 4.78 is 2.46. The molecular weight excluding hydrogens is 290 g/mol. The van der Waals surface area contributed by atoms with E-state index in [-0.39, 0.29) is 0 Å². The quantitative estimate of drug-likeness (QED) is 0.670. The largest absolute Gasteiger partial charge is 0.353 e. The smallest absolute Gasteiger partial charge is 0.140 e. The highest BCUT2D eigenvalue weighted by Gasteiger charge is 2.20. The lowest BCUT2D eigenvalue weighted by molar-refractivity contribution is 0.428. The minimum absolute atomic E-state index is 1.04. The van der Waals surface area contributed by atoms with E-state index in [2.05, 4.69) is 35.9 Å². The maximum absolute atomic E-state index is 4.49. The molecule has 108 valence electrons. The van der Waals surface area contributed by atoms with Crippen molar-refractivity contribution in [3.63, 3.8) is 0 Å². The first-order valence-corrected chi connectivity index (χ1v) is 8.66. The van der Waals surface area contributed by atoms with Crippen molar-refractivity contribution in [1.82, 2.24) is 19.6 Å². The van der Waals surface area contributed by atoms with Crippen LogP contribution in [0, 0.1) is 0 Å². The summed E-state index contributed by atoms with van der Waals surface area (Å²) in [4.78, 5) is 12.3. The molecule has 5 nitrogen and oxygen atoms in total. The Bertz CT molecular complexity index is 550. The van der Waals surface area contributed by atoms with Crippen molar-refractivity contribution < 1.29 is 0 Å². The summed E-state index contributed by atoms with van der Waals surface area (Å²) in [5, 5.41) is 6.46. The molecule has 1 aliphatic heterocycles. The lowest BCUT2D eigenvalue weighted by Gasteiger charge is -2.34. The fraction of sp³-hybridized carbons (Fsp3) is 0.538. The molecule has 0 spiro atoms. The van der Waals surface area contributed by atoms with Crippen LogP contribution in [0.2, 0.25) is 0 Å². The average molecular weight is 309 g/mol. The summed E-state index contributed by atoms with van der Waals surface area (Å²) in [6, 6.07) is 2.13. The standard InChI is InChI=1S/C13H19N5S2/c1-14-3-9-20-18-6-4-17(5-7-18)12-11-2-8-19-13(11)16-10-15-12/h2,8,10,14H,3-7,9H2,1H3. The summed E-state index contributed by atoms with van der Waals surface area (Å²) in [6.07, 6.45) is 1.68. The zero-order chi connectivity index (χ0) is 13.8. The number of fused-ring (bicyclic) bond motifs is 1. The molecule has 3 rings (SSSR count). The summed E-state index contributed by atoms with van der Waals surface area (Å²) in [5.74, 6) is 2.23. The van der Waals surface area contributed by atoms with Crippen molar-refractivity contribution in [3.05, 3.63) is 17.8 Å². The first-order chi connectivity index (χ1) is 9.88. The van der Waals surface area contributed by atoms with E-state index in [4.69, 9.17) is 0 Å². The van der Waals surface area contributed by atoms with Crippen LogP contribution < -0.4 is 10.2 Å². The fourth-order valence-electron chi connectivity index (χ4n) is 2.33. The van der Waals surface area contributed by atoms with Crippen molar-refractivity contribution in [1.29, 1.82) is 0 Å². The van der Waals surface area contributed by atoms with Crippen LogP contribution in [-0.2, 0) is 0 Å². The lowest BCUT2D eigenvalue weighted by Crippen LogP contribution is -2.44. The summed E-state index contributed by atoms with van der Waals surface area (Å²) >= 11 is 3.62. The van der Waals surface area contributed by atoms with Gasteiger partial charge in [-0.1, -0.05) is 11.9 Å². The molecule has 0 atom stereocenters. The Morgan fingerprint density at radius 2 is 2.15 bits per heavy atom. The van der Waals surface area contributed by atoms with Gasteiger partial charge in [-0.15, -0.1) is 11.3 Å². The normalized spacial score (nSPS) is 16.9. The Morgan fingerprint density at radius 3 is 2.95 bits per heavy atom. The molecule has 3 heterocycles. The van der Waals surface area contributed by atoms with Crippen LogP contribution in [0.15, 0.2) is 17.8 Å². The number of nitrogens with one attached hydrogen (secondary N) is 1. The van der Waals surface area contributed by atoms with E-state index in [0.717, 1.165) is 49.1 Å². The van der Waals surface area contributed by atoms with Crippen molar-refractivity contribution in [3.8, 4) is 0 Å². The van der Waals surface area contributed by atoms with Gasteiger partial charge < -0.3 is 10.2 Å².